The van der Waals surface area contributed by atoms with Gasteiger partial charge >= 0.3 is 0 Å². The van der Waals surface area contributed by atoms with Crippen LogP contribution in [0.3, 0.4) is 0 Å². The molecule has 1 aliphatic rings. The van der Waals surface area contributed by atoms with Gasteiger partial charge < -0.3 is 0 Å². The highest BCUT2D eigenvalue weighted by molar-refractivity contribution is 5.22. The van der Waals surface area contributed by atoms with Crippen molar-refractivity contribution >= 4 is 0 Å². The first-order chi connectivity index (χ1) is 9.70. The van der Waals surface area contributed by atoms with Crippen LogP contribution in [-0.2, 0) is 0 Å². The molecule has 0 unspecified atom stereocenters. The van der Waals surface area contributed by atoms with Crippen LogP contribution in [0.4, 0.5) is 13.2 Å². The molecule has 1 saturated carbocycles. The monoisotopic (exact) mass is 282 g/mol. The van der Waals surface area contributed by atoms with Crippen LogP contribution in [-0.4, -0.2) is 0 Å². The number of rotatable bonds is 5. The molecule has 0 N–H and O–H groups in total. The normalized spacial score (nSPS) is 23.4. The number of benzene rings is 1. The molecular formula is C17H21F3. The largest absolute Gasteiger partial charge is 0.216 e. The van der Waals surface area contributed by atoms with Crippen LogP contribution in [0.15, 0.2) is 30.6 Å². The van der Waals surface area contributed by atoms with E-state index in [4.69, 9.17) is 0 Å². The van der Waals surface area contributed by atoms with Gasteiger partial charge in [-0.1, -0.05) is 18.6 Å². The highest BCUT2D eigenvalue weighted by atomic mass is 19.2. The van der Waals surface area contributed by atoms with Crippen LogP contribution in [0, 0.1) is 17.6 Å². The maximum Gasteiger partial charge on any atom is 0.159 e. The van der Waals surface area contributed by atoms with Gasteiger partial charge in [-0.05, 0) is 68.1 Å². The Bertz CT molecular complexity index is 446. The Morgan fingerprint density at radius 1 is 1.05 bits per heavy atom. The van der Waals surface area contributed by atoms with E-state index in [2.05, 4.69) is 0 Å². The van der Waals surface area contributed by atoms with Gasteiger partial charge in [-0.3, -0.25) is 0 Å². The zero-order chi connectivity index (χ0) is 14.4. The maximum atomic E-state index is 13.2. The molecule has 0 atom stereocenters. The number of unbranched alkanes of at least 4 members (excludes halogenated alkanes) is 1. The van der Waals surface area contributed by atoms with Crippen molar-refractivity contribution in [2.45, 2.75) is 50.9 Å². The van der Waals surface area contributed by atoms with Crippen LogP contribution in [0.5, 0.6) is 0 Å². The van der Waals surface area contributed by atoms with Gasteiger partial charge in [0.2, 0.25) is 0 Å². The van der Waals surface area contributed by atoms with Crippen molar-refractivity contribution < 1.29 is 13.2 Å². The summed E-state index contributed by atoms with van der Waals surface area (Å²) in [5.74, 6) is -0.470. The quantitative estimate of drug-likeness (QED) is 0.590. The van der Waals surface area contributed by atoms with Crippen molar-refractivity contribution in [1.29, 1.82) is 0 Å². The second-order valence-electron chi connectivity index (χ2n) is 5.68. The number of hydrogen-bond donors (Lipinski definition) is 0. The van der Waals surface area contributed by atoms with E-state index in [-0.39, 0.29) is 0 Å². The summed E-state index contributed by atoms with van der Waals surface area (Å²) in [7, 11) is 0. The Kier molecular flexibility index (Phi) is 5.69. The predicted octanol–water partition coefficient (Wildman–Crippen LogP) is 5.89. The van der Waals surface area contributed by atoms with Gasteiger partial charge in [0.05, 0.1) is 6.33 Å². The molecule has 3 heteroatoms. The van der Waals surface area contributed by atoms with Gasteiger partial charge in [-0.15, -0.1) is 0 Å². The molecule has 1 fully saturated rings. The van der Waals surface area contributed by atoms with Gasteiger partial charge in [0.1, 0.15) is 0 Å². The molecule has 1 aromatic carbocycles. The van der Waals surface area contributed by atoms with Crippen LogP contribution < -0.4 is 0 Å². The molecule has 0 bridgehead atoms. The molecule has 0 nitrogen and oxygen atoms in total. The molecule has 0 radical (unpaired) electrons. The van der Waals surface area contributed by atoms with Crippen molar-refractivity contribution in [2.75, 3.05) is 0 Å². The average Bonchev–Trinajstić information content (AvgIpc) is 2.47. The van der Waals surface area contributed by atoms with E-state index in [0.29, 0.717) is 18.2 Å². The van der Waals surface area contributed by atoms with Gasteiger partial charge in [0.15, 0.2) is 11.6 Å². The van der Waals surface area contributed by atoms with Crippen molar-refractivity contribution in [3.8, 4) is 0 Å². The summed E-state index contributed by atoms with van der Waals surface area (Å²) in [5.41, 5.74) is 0.919. The van der Waals surface area contributed by atoms with E-state index in [1.165, 1.54) is 12.1 Å². The van der Waals surface area contributed by atoms with E-state index in [9.17, 15) is 13.2 Å². The zero-order valence-electron chi connectivity index (χ0n) is 11.6. The molecule has 0 spiro atoms. The average molecular weight is 282 g/mol. The molecule has 1 aliphatic carbocycles. The van der Waals surface area contributed by atoms with Crippen molar-refractivity contribution in [3.63, 3.8) is 0 Å². The minimum atomic E-state index is -0.775. The van der Waals surface area contributed by atoms with Crippen LogP contribution in [0.25, 0.3) is 0 Å². The summed E-state index contributed by atoms with van der Waals surface area (Å²) >= 11 is 0. The zero-order valence-corrected chi connectivity index (χ0v) is 11.6. The Morgan fingerprint density at radius 3 is 2.45 bits per heavy atom. The molecule has 20 heavy (non-hydrogen) atoms. The molecule has 0 heterocycles. The standard InChI is InChI=1S/C17H21F3/c18-11-3-1-2-4-13-5-7-14(8-6-13)15-9-10-16(19)17(20)12-15/h3,9-14H,1-2,4-8H2/b11-3+/t13-,14-. The molecule has 0 aliphatic heterocycles. The van der Waals surface area contributed by atoms with E-state index in [1.54, 1.807) is 12.1 Å². The Hall–Kier alpha value is -1.25. The first-order valence-electron chi connectivity index (χ1n) is 7.41. The van der Waals surface area contributed by atoms with E-state index < -0.39 is 11.6 Å². The summed E-state index contributed by atoms with van der Waals surface area (Å²) < 4.78 is 38.0. The predicted molar refractivity (Wildman–Crippen MR) is 75.2 cm³/mol. The molecule has 0 saturated heterocycles. The Balaban J connectivity index is 1.80. The van der Waals surface area contributed by atoms with Crippen LogP contribution >= 0.6 is 0 Å². The molecular weight excluding hydrogens is 261 g/mol. The third kappa shape index (κ3) is 4.12. The molecule has 110 valence electrons. The smallest absolute Gasteiger partial charge is 0.159 e. The second kappa shape index (κ2) is 7.51. The Morgan fingerprint density at radius 2 is 1.80 bits per heavy atom. The third-order valence-corrected chi connectivity index (χ3v) is 4.33. The number of halogens is 3. The number of hydrogen-bond acceptors (Lipinski definition) is 0. The minimum absolute atomic E-state index is 0.354. The first kappa shape index (κ1) is 15.1. The van der Waals surface area contributed by atoms with E-state index in [0.717, 1.165) is 50.5 Å². The van der Waals surface area contributed by atoms with E-state index >= 15 is 0 Å². The second-order valence-corrected chi connectivity index (χ2v) is 5.68. The lowest BCUT2D eigenvalue weighted by Gasteiger charge is -2.28. The van der Waals surface area contributed by atoms with Crippen LogP contribution in [0.2, 0.25) is 0 Å². The van der Waals surface area contributed by atoms with Crippen molar-refractivity contribution in [2.24, 2.45) is 5.92 Å². The Labute approximate surface area is 118 Å². The van der Waals surface area contributed by atoms with Gasteiger partial charge in [-0.2, -0.15) is 0 Å². The molecule has 0 aromatic heterocycles. The lowest BCUT2D eigenvalue weighted by atomic mass is 9.77. The summed E-state index contributed by atoms with van der Waals surface area (Å²) in [6.45, 7) is 0. The lowest BCUT2D eigenvalue weighted by Crippen LogP contribution is -2.13. The van der Waals surface area contributed by atoms with Crippen LogP contribution in [0.1, 0.15) is 56.4 Å². The van der Waals surface area contributed by atoms with Crippen molar-refractivity contribution in [3.05, 3.63) is 47.8 Å². The summed E-state index contributed by atoms with van der Waals surface area (Å²) in [5, 5.41) is 0. The van der Waals surface area contributed by atoms with E-state index in [1.807, 2.05) is 0 Å². The van der Waals surface area contributed by atoms with Crippen molar-refractivity contribution in [1.82, 2.24) is 0 Å². The first-order valence-corrected chi connectivity index (χ1v) is 7.41. The highest BCUT2D eigenvalue weighted by Crippen LogP contribution is 2.37. The van der Waals surface area contributed by atoms with Gasteiger partial charge in [0.25, 0.3) is 0 Å². The SMILES string of the molecule is F/C=C/CCC[C@H]1CC[C@H](c2ccc(F)c(F)c2)CC1. The third-order valence-electron chi connectivity index (χ3n) is 4.33. The van der Waals surface area contributed by atoms with Gasteiger partial charge in [0, 0.05) is 0 Å². The topological polar surface area (TPSA) is 0 Å². The number of allylic oxidation sites excluding steroid dienone is 1. The molecule has 0 amide bonds. The summed E-state index contributed by atoms with van der Waals surface area (Å²) in [6, 6.07) is 4.27. The highest BCUT2D eigenvalue weighted by Gasteiger charge is 2.22. The fourth-order valence-corrected chi connectivity index (χ4v) is 3.14. The fourth-order valence-electron chi connectivity index (χ4n) is 3.14. The van der Waals surface area contributed by atoms with Gasteiger partial charge in [-0.25, -0.2) is 13.2 Å². The lowest BCUT2D eigenvalue weighted by molar-refractivity contribution is 0.305. The summed E-state index contributed by atoms with van der Waals surface area (Å²) in [6.07, 6.45) is 9.47. The molecule has 1 aromatic rings. The summed E-state index contributed by atoms with van der Waals surface area (Å²) in [4.78, 5) is 0. The maximum absolute atomic E-state index is 13.2. The molecule has 2 rings (SSSR count). The minimum Gasteiger partial charge on any atom is -0.216 e. The fraction of sp³-hybridized carbons (Fsp3) is 0.529.